The van der Waals surface area contributed by atoms with E-state index in [9.17, 15) is 4.79 Å². The van der Waals surface area contributed by atoms with Gasteiger partial charge >= 0.3 is 0 Å². The largest absolute Gasteiger partial charge is 0.484 e. The Bertz CT molecular complexity index is 583. The number of ether oxygens (including phenoxy) is 1. The second kappa shape index (κ2) is 7.02. The molecule has 1 heterocycles. The molecule has 0 saturated carbocycles. The number of hydrogen-bond donors (Lipinski definition) is 2. The van der Waals surface area contributed by atoms with E-state index in [0.717, 1.165) is 17.8 Å². The molecule has 0 fully saturated rings. The van der Waals surface area contributed by atoms with Crippen LogP contribution in [0.4, 0.5) is 5.13 Å². The lowest BCUT2D eigenvalue weighted by molar-refractivity contribution is -0.118. The Morgan fingerprint density at radius 1 is 1.45 bits per heavy atom. The molecular weight excluding hydrogens is 274 g/mol. The van der Waals surface area contributed by atoms with Crippen molar-refractivity contribution >= 4 is 22.4 Å². The minimum atomic E-state index is -0.210. The van der Waals surface area contributed by atoms with E-state index in [2.05, 4.69) is 15.6 Å². The van der Waals surface area contributed by atoms with Crippen molar-refractivity contribution in [1.82, 2.24) is 10.3 Å². The number of carbonyl (C=O) groups is 1. The van der Waals surface area contributed by atoms with Gasteiger partial charge in [-0.3, -0.25) is 10.1 Å². The minimum absolute atomic E-state index is 0.0262. The maximum Gasteiger partial charge on any atom is 0.264 e. The zero-order valence-electron chi connectivity index (χ0n) is 11.5. The maximum absolute atomic E-state index is 11.7. The molecule has 1 amide bonds. The van der Waals surface area contributed by atoms with Crippen LogP contribution in [0, 0.1) is 6.92 Å². The third kappa shape index (κ3) is 4.32. The molecular formula is C14H17N3O2S. The van der Waals surface area contributed by atoms with Crippen LogP contribution in [0.1, 0.15) is 11.3 Å². The summed E-state index contributed by atoms with van der Waals surface area (Å²) < 4.78 is 5.47. The predicted molar refractivity (Wildman–Crippen MR) is 80.2 cm³/mol. The Balaban J connectivity index is 1.85. The van der Waals surface area contributed by atoms with Crippen LogP contribution in [0.25, 0.3) is 0 Å². The molecule has 5 nitrogen and oxygen atoms in total. The number of rotatable bonds is 6. The highest BCUT2D eigenvalue weighted by atomic mass is 32.1. The summed E-state index contributed by atoms with van der Waals surface area (Å²) in [6.07, 6.45) is 0. The first-order valence-corrected chi connectivity index (χ1v) is 7.13. The fourth-order valence-corrected chi connectivity index (χ4v) is 2.37. The zero-order chi connectivity index (χ0) is 14.4. The number of aryl methyl sites for hydroxylation is 1. The number of carbonyl (C=O) groups excluding carboxylic acids is 1. The number of nitrogens with one attached hydrogen (secondary N) is 2. The molecule has 0 radical (unpaired) electrons. The molecule has 0 bridgehead atoms. The third-order valence-corrected chi connectivity index (χ3v) is 3.39. The highest BCUT2D eigenvalue weighted by Crippen LogP contribution is 2.15. The van der Waals surface area contributed by atoms with Gasteiger partial charge in [0.25, 0.3) is 5.91 Å². The Kier molecular flexibility index (Phi) is 5.09. The number of anilines is 1. The minimum Gasteiger partial charge on any atom is -0.484 e. The molecule has 1 aromatic heterocycles. The number of nitrogens with zero attached hydrogens (tertiary/aromatic N) is 1. The van der Waals surface area contributed by atoms with Gasteiger partial charge in [0, 0.05) is 11.9 Å². The van der Waals surface area contributed by atoms with Gasteiger partial charge in [-0.05, 0) is 31.7 Å². The van der Waals surface area contributed by atoms with Crippen LogP contribution in [0.5, 0.6) is 5.75 Å². The van der Waals surface area contributed by atoms with Crippen LogP contribution in [0.3, 0.4) is 0 Å². The Morgan fingerprint density at radius 3 is 3.00 bits per heavy atom. The van der Waals surface area contributed by atoms with E-state index in [1.165, 1.54) is 11.3 Å². The van der Waals surface area contributed by atoms with Gasteiger partial charge in [-0.1, -0.05) is 12.1 Å². The van der Waals surface area contributed by atoms with E-state index in [-0.39, 0.29) is 12.5 Å². The molecule has 0 saturated heterocycles. The predicted octanol–water partition coefficient (Wildman–Crippen LogP) is 2.19. The van der Waals surface area contributed by atoms with Gasteiger partial charge in [0.05, 0.1) is 5.69 Å². The van der Waals surface area contributed by atoms with E-state index in [1.807, 2.05) is 43.6 Å². The van der Waals surface area contributed by atoms with E-state index in [0.29, 0.717) is 10.9 Å². The van der Waals surface area contributed by atoms with E-state index in [1.54, 1.807) is 0 Å². The molecule has 106 valence electrons. The van der Waals surface area contributed by atoms with E-state index in [4.69, 9.17) is 4.74 Å². The average molecular weight is 291 g/mol. The van der Waals surface area contributed by atoms with Crippen molar-refractivity contribution in [1.29, 1.82) is 0 Å². The van der Waals surface area contributed by atoms with Crippen LogP contribution in [-0.2, 0) is 11.3 Å². The van der Waals surface area contributed by atoms with Gasteiger partial charge in [-0.2, -0.15) is 0 Å². The molecule has 0 atom stereocenters. The highest BCUT2D eigenvalue weighted by Gasteiger charge is 2.06. The quantitative estimate of drug-likeness (QED) is 0.856. The standard InChI is InChI=1S/C14H17N3O2S/c1-10-9-20-14(16-10)17-13(18)8-19-12-5-3-4-11(6-12)7-15-2/h3-6,9,15H,7-8H2,1-2H3,(H,16,17,18). The summed E-state index contributed by atoms with van der Waals surface area (Å²) in [7, 11) is 1.89. The molecule has 0 aliphatic carbocycles. The average Bonchev–Trinajstić information content (AvgIpc) is 2.83. The Morgan fingerprint density at radius 2 is 2.30 bits per heavy atom. The summed E-state index contributed by atoms with van der Waals surface area (Å²) in [6.45, 7) is 2.62. The van der Waals surface area contributed by atoms with Crippen molar-refractivity contribution < 1.29 is 9.53 Å². The zero-order valence-corrected chi connectivity index (χ0v) is 12.3. The molecule has 0 aliphatic heterocycles. The maximum atomic E-state index is 11.7. The third-order valence-electron chi connectivity index (χ3n) is 2.51. The van der Waals surface area contributed by atoms with Crippen molar-refractivity contribution in [3.05, 3.63) is 40.9 Å². The van der Waals surface area contributed by atoms with Crippen LogP contribution in [-0.4, -0.2) is 24.5 Å². The Hall–Kier alpha value is -1.92. The van der Waals surface area contributed by atoms with Crippen molar-refractivity contribution in [2.45, 2.75) is 13.5 Å². The number of hydrogen-bond acceptors (Lipinski definition) is 5. The summed E-state index contributed by atoms with van der Waals surface area (Å²) >= 11 is 1.40. The number of thiazole rings is 1. The lowest BCUT2D eigenvalue weighted by atomic mass is 10.2. The van der Waals surface area contributed by atoms with Gasteiger partial charge in [0.15, 0.2) is 11.7 Å². The van der Waals surface area contributed by atoms with Gasteiger partial charge in [-0.15, -0.1) is 11.3 Å². The van der Waals surface area contributed by atoms with Crippen LogP contribution >= 0.6 is 11.3 Å². The second-order valence-corrected chi connectivity index (χ2v) is 5.17. The van der Waals surface area contributed by atoms with Crippen LogP contribution in [0.15, 0.2) is 29.6 Å². The van der Waals surface area contributed by atoms with E-state index < -0.39 is 0 Å². The molecule has 2 aromatic rings. The number of aromatic nitrogens is 1. The lowest BCUT2D eigenvalue weighted by Crippen LogP contribution is -2.20. The van der Waals surface area contributed by atoms with Crippen LogP contribution < -0.4 is 15.4 Å². The SMILES string of the molecule is CNCc1cccc(OCC(=O)Nc2nc(C)cs2)c1. The lowest BCUT2D eigenvalue weighted by Gasteiger charge is -2.07. The molecule has 2 N–H and O–H groups in total. The topological polar surface area (TPSA) is 63.2 Å². The summed E-state index contributed by atoms with van der Waals surface area (Å²) in [6, 6.07) is 7.66. The Labute approximate surface area is 122 Å². The van der Waals surface area contributed by atoms with Crippen LogP contribution in [0.2, 0.25) is 0 Å². The van der Waals surface area contributed by atoms with Crippen molar-refractivity contribution in [2.24, 2.45) is 0 Å². The highest BCUT2D eigenvalue weighted by molar-refractivity contribution is 7.13. The molecule has 0 aliphatic rings. The first-order valence-electron chi connectivity index (χ1n) is 6.25. The fraction of sp³-hybridized carbons (Fsp3) is 0.286. The monoisotopic (exact) mass is 291 g/mol. The second-order valence-electron chi connectivity index (χ2n) is 4.31. The van der Waals surface area contributed by atoms with Gasteiger partial charge < -0.3 is 10.1 Å². The molecule has 6 heteroatoms. The molecule has 20 heavy (non-hydrogen) atoms. The van der Waals surface area contributed by atoms with E-state index >= 15 is 0 Å². The summed E-state index contributed by atoms with van der Waals surface area (Å²) in [5.74, 6) is 0.474. The van der Waals surface area contributed by atoms with Gasteiger partial charge in [-0.25, -0.2) is 4.98 Å². The summed E-state index contributed by atoms with van der Waals surface area (Å²) in [5, 5.41) is 8.26. The van der Waals surface area contributed by atoms with Crippen molar-refractivity contribution in [2.75, 3.05) is 19.0 Å². The smallest absolute Gasteiger partial charge is 0.264 e. The van der Waals surface area contributed by atoms with Gasteiger partial charge in [0.1, 0.15) is 5.75 Å². The van der Waals surface area contributed by atoms with Gasteiger partial charge in [0.2, 0.25) is 0 Å². The fourth-order valence-electron chi connectivity index (χ4n) is 1.66. The molecule has 2 rings (SSSR count). The normalized spacial score (nSPS) is 10.3. The van der Waals surface area contributed by atoms with Crippen molar-refractivity contribution in [3.8, 4) is 5.75 Å². The van der Waals surface area contributed by atoms with Crippen molar-refractivity contribution in [3.63, 3.8) is 0 Å². The first-order chi connectivity index (χ1) is 9.67. The molecule has 0 unspecified atom stereocenters. The summed E-state index contributed by atoms with van der Waals surface area (Å²) in [5.41, 5.74) is 2.01. The number of amides is 1. The first kappa shape index (κ1) is 14.5. The summed E-state index contributed by atoms with van der Waals surface area (Å²) in [4.78, 5) is 15.9. The molecule has 0 spiro atoms. The molecule has 1 aromatic carbocycles. The number of benzene rings is 1.